The maximum atomic E-state index is 12.6. The summed E-state index contributed by atoms with van der Waals surface area (Å²) >= 11 is 0. The maximum absolute atomic E-state index is 12.6. The Morgan fingerprint density at radius 1 is 1.32 bits per heavy atom. The van der Waals surface area contributed by atoms with Crippen molar-refractivity contribution in [2.45, 2.75) is 50.9 Å². The fourth-order valence-corrected chi connectivity index (χ4v) is 3.65. The summed E-state index contributed by atoms with van der Waals surface area (Å²) in [6, 6.07) is 0.837. The smallest absolute Gasteiger partial charge is 0.465 e. The molecule has 0 atom stereocenters. The van der Waals surface area contributed by atoms with Gasteiger partial charge < -0.3 is 18.9 Å². The van der Waals surface area contributed by atoms with Gasteiger partial charge in [0.2, 0.25) is 0 Å². The van der Waals surface area contributed by atoms with Crippen LogP contribution in [0.4, 0.5) is 18.0 Å². The van der Waals surface area contributed by atoms with Crippen molar-refractivity contribution in [2.24, 2.45) is 0 Å². The van der Waals surface area contributed by atoms with Crippen molar-refractivity contribution < 1.29 is 40.4 Å². The topological polar surface area (TPSA) is 111 Å². The molecule has 0 bridgehead atoms. The highest BCUT2D eigenvalue weighted by atomic mass is 32.2. The number of rotatable bonds is 7. The highest BCUT2D eigenvalue weighted by molar-refractivity contribution is 7.87. The van der Waals surface area contributed by atoms with Crippen molar-refractivity contribution in [3.8, 4) is 5.88 Å². The molecule has 9 nitrogen and oxygen atoms in total. The van der Waals surface area contributed by atoms with Crippen LogP contribution in [0.25, 0.3) is 0 Å². The zero-order valence-corrected chi connectivity index (χ0v) is 17.4. The van der Waals surface area contributed by atoms with Crippen LogP contribution >= 0.6 is 0 Å². The lowest BCUT2D eigenvalue weighted by Gasteiger charge is -2.25. The molecule has 160 valence electrons. The van der Waals surface area contributed by atoms with Crippen molar-refractivity contribution in [3.63, 3.8) is 0 Å². The van der Waals surface area contributed by atoms with Gasteiger partial charge in [-0.25, -0.2) is 9.48 Å². The summed E-state index contributed by atoms with van der Waals surface area (Å²) in [7, 11) is -7.25. The Morgan fingerprint density at radius 2 is 1.96 bits per heavy atom. The first-order valence-corrected chi connectivity index (χ1v) is 13.5. The van der Waals surface area contributed by atoms with Crippen molar-refractivity contribution in [3.05, 3.63) is 11.3 Å². The lowest BCUT2D eigenvalue weighted by molar-refractivity contribution is -0.0502. The third-order valence-corrected chi connectivity index (χ3v) is 6.70. The minimum Gasteiger partial charge on any atom is -0.465 e. The highest BCUT2D eigenvalue weighted by Gasteiger charge is 2.49. The quantitative estimate of drug-likeness (QED) is 0.297. The molecular formula is C14H22F3N3O6SSi. The summed E-state index contributed by atoms with van der Waals surface area (Å²) in [6.07, 6.45) is -1.23. The highest BCUT2D eigenvalue weighted by Crippen LogP contribution is 2.32. The summed E-state index contributed by atoms with van der Waals surface area (Å²) < 4.78 is 71.4. The van der Waals surface area contributed by atoms with Gasteiger partial charge in [-0.2, -0.15) is 21.6 Å². The molecule has 1 amide bonds. The minimum absolute atomic E-state index is 0.0209. The van der Waals surface area contributed by atoms with Crippen molar-refractivity contribution in [1.82, 2.24) is 14.7 Å². The number of nitrogens with zero attached hydrogens (tertiary/aromatic N) is 3. The van der Waals surface area contributed by atoms with E-state index in [9.17, 15) is 26.4 Å². The molecule has 0 saturated carbocycles. The number of halogens is 3. The predicted octanol–water partition coefficient (Wildman–Crippen LogP) is 2.46. The summed E-state index contributed by atoms with van der Waals surface area (Å²) in [5.74, 6) is -0.703. The van der Waals surface area contributed by atoms with Crippen molar-refractivity contribution in [1.29, 1.82) is 0 Å². The van der Waals surface area contributed by atoms with Gasteiger partial charge >= 0.3 is 21.7 Å². The van der Waals surface area contributed by atoms with Crippen LogP contribution in [0, 0.1) is 0 Å². The predicted molar refractivity (Wildman–Crippen MR) is 94.1 cm³/mol. The van der Waals surface area contributed by atoms with Gasteiger partial charge in [0.15, 0.2) is 0 Å². The molecule has 1 aliphatic rings. The zero-order valence-electron chi connectivity index (χ0n) is 15.6. The number of fused-ring (bicyclic) bond motifs is 1. The molecule has 0 fully saturated rings. The Hall–Kier alpha value is -1.80. The molecule has 1 aliphatic heterocycles. The molecule has 0 radical (unpaired) electrons. The number of hydrogen-bond donors (Lipinski definition) is 1. The van der Waals surface area contributed by atoms with E-state index in [1.165, 1.54) is 0 Å². The first-order valence-electron chi connectivity index (χ1n) is 8.36. The SMILES string of the molecule is C[Si](C)(C)CCOCn1nc(OS(=O)(=O)C(F)(F)F)c2c1CN(C(=O)O)CC2. The largest absolute Gasteiger partial charge is 0.534 e. The minimum atomic E-state index is -5.89. The van der Waals surface area contributed by atoms with Crippen LogP contribution in [-0.2, 0) is 34.6 Å². The van der Waals surface area contributed by atoms with E-state index in [1.54, 1.807) is 0 Å². The monoisotopic (exact) mass is 445 g/mol. The van der Waals surface area contributed by atoms with E-state index in [0.29, 0.717) is 6.61 Å². The third kappa shape index (κ3) is 5.38. The molecular weight excluding hydrogens is 423 g/mol. The molecule has 1 aromatic heterocycles. The zero-order chi connectivity index (χ0) is 21.3. The Balaban J connectivity index is 2.27. The van der Waals surface area contributed by atoms with Gasteiger partial charge in [-0.1, -0.05) is 19.6 Å². The first-order chi connectivity index (χ1) is 12.7. The molecule has 1 aromatic rings. The average Bonchev–Trinajstić information content (AvgIpc) is 2.86. The van der Waals surface area contributed by atoms with E-state index < -0.39 is 35.7 Å². The Morgan fingerprint density at radius 3 is 2.50 bits per heavy atom. The van der Waals surface area contributed by atoms with Gasteiger partial charge in [0, 0.05) is 26.8 Å². The van der Waals surface area contributed by atoms with Crippen LogP contribution in [0.1, 0.15) is 11.3 Å². The summed E-state index contributed by atoms with van der Waals surface area (Å²) in [5.41, 5.74) is -5.23. The standard InChI is InChI=1S/C14H22F3N3O6SSi/c1-28(2,3)7-6-25-9-20-11-8-19(13(21)22)5-4-10(11)12(18-20)26-27(23,24)14(15,16)17/h4-9H2,1-3H3,(H,21,22). The van der Waals surface area contributed by atoms with E-state index in [1.807, 2.05) is 0 Å². The van der Waals surface area contributed by atoms with Gasteiger partial charge in [0.25, 0.3) is 5.88 Å². The Kier molecular flexibility index (Phi) is 6.35. The second-order valence-electron chi connectivity index (χ2n) is 7.52. The van der Waals surface area contributed by atoms with E-state index >= 15 is 0 Å². The fraction of sp³-hybridized carbons (Fsp3) is 0.714. The van der Waals surface area contributed by atoms with E-state index in [0.717, 1.165) is 15.6 Å². The first kappa shape index (κ1) is 22.5. The number of amides is 1. The van der Waals surface area contributed by atoms with Crippen LogP contribution in [0.15, 0.2) is 0 Å². The number of carboxylic acid groups (broad SMARTS) is 1. The van der Waals surface area contributed by atoms with Gasteiger partial charge in [-0.15, -0.1) is 5.10 Å². The van der Waals surface area contributed by atoms with Crippen molar-refractivity contribution >= 4 is 24.3 Å². The van der Waals surface area contributed by atoms with Crippen LogP contribution in [-0.4, -0.2) is 61.0 Å². The molecule has 2 rings (SSSR count). The van der Waals surface area contributed by atoms with Gasteiger partial charge in [0.05, 0.1) is 12.2 Å². The molecule has 0 saturated heterocycles. The van der Waals surface area contributed by atoms with Crippen LogP contribution in [0.2, 0.25) is 25.7 Å². The number of alkyl halides is 3. The lowest BCUT2D eigenvalue weighted by atomic mass is 10.1. The third-order valence-electron chi connectivity index (χ3n) is 4.05. The van der Waals surface area contributed by atoms with E-state index in [2.05, 4.69) is 28.9 Å². The van der Waals surface area contributed by atoms with Gasteiger partial charge in [0.1, 0.15) is 6.73 Å². The Bertz CT molecular complexity index is 835. The summed E-state index contributed by atoms with van der Waals surface area (Å²) in [6.45, 7) is 6.48. The second kappa shape index (κ2) is 7.91. The molecule has 2 heterocycles. The summed E-state index contributed by atoms with van der Waals surface area (Å²) in [4.78, 5) is 12.3. The average molecular weight is 445 g/mol. The van der Waals surface area contributed by atoms with Crippen LogP contribution in [0.3, 0.4) is 0 Å². The lowest BCUT2D eigenvalue weighted by Crippen LogP contribution is -2.36. The maximum Gasteiger partial charge on any atom is 0.534 e. The number of ether oxygens (including phenoxy) is 1. The van der Waals surface area contributed by atoms with Crippen LogP contribution in [0.5, 0.6) is 5.88 Å². The van der Waals surface area contributed by atoms with E-state index in [-0.39, 0.29) is 37.5 Å². The number of aromatic nitrogens is 2. The molecule has 28 heavy (non-hydrogen) atoms. The van der Waals surface area contributed by atoms with Crippen LogP contribution < -0.4 is 4.18 Å². The molecule has 0 unspecified atom stereocenters. The van der Waals surface area contributed by atoms with Crippen molar-refractivity contribution in [2.75, 3.05) is 13.2 Å². The molecule has 0 aromatic carbocycles. The van der Waals surface area contributed by atoms with Gasteiger partial charge in [-0.3, -0.25) is 0 Å². The normalized spacial score (nSPS) is 15.4. The molecule has 1 N–H and O–H groups in total. The van der Waals surface area contributed by atoms with Gasteiger partial charge in [-0.05, 0) is 12.5 Å². The van der Waals surface area contributed by atoms with E-state index in [4.69, 9.17) is 9.84 Å². The molecule has 14 heteroatoms. The number of carbonyl (C=O) groups is 1. The molecule has 0 spiro atoms. The Labute approximate surface area is 161 Å². The molecule has 0 aliphatic carbocycles. The number of hydrogen-bond acceptors (Lipinski definition) is 6. The summed E-state index contributed by atoms with van der Waals surface area (Å²) in [5, 5.41) is 13.0. The second-order valence-corrected chi connectivity index (χ2v) is 14.7. The fourth-order valence-electron chi connectivity index (χ4n) is 2.46.